The largest absolute Gasteiger partial charge is 0.497 e. The SMILES string of the molecule is COc1ccc(Cc2nnc(SCC(=O)Nc3ccccc3)n2-n2cccc2)cc1. The van der Waals surface area contributed by atoms with Crippen LogP contribution in [0.5, 0.6) is 5.75 Å². The quantitative estimate of drug-likeness (QED) is 0.441. The summed E-state index contributed by atoms with van der Waals surface area (Å²) in [7, 11) is 1.65. The van der Waals surface area contributed by atoms with Crippen LogP contribution in [0.25, 0.3) is 0 Å². The molecule has 8 heteroatoms. The van der Waals surface area contributed by atoms with E-state index in [0.717, 1.165) is 22.8 Å². The number of para-hydroxylation sites is 1. The molecule has 4 rings (SSSR count). The van der Waals surface area contributed by atoms with Crippen molar-refractivity contribution in [2.45, 2.75) is 11.6 Å². The van der Waals surface area contributed by atoms with E-state index in [4.69, 9.17) is 4.74 Å². The van der Waals surface area contributed by atoms with Gasteiger partial charge in [0.2, 0.25) is 11.1 Å². The highest BCUT2D eigenvalue weighted by molar-refractivity contribution is 7.99. The zero-order chi connectivity index (χ0) is 20.8. The molecule has 2 heterocycles. The van der Waals surface area contributed by atoms with Gasteiger partial charge in [0.05, 0.1) is 12.9 Å². The molecule has 0 bridgehead atoms. The molecule has 0 spiro atoms. The van der Waals surface area contributed by atoms with Crippen LogP contribution in [-0.2, 0) is 11.2 Å². The van der Waals surface area contributed by atoms with E-state index in [1.165, 1.54) is 11.8 Å². The lowest BCUT2D eigenvalue weighted by atomic mass is 10.1. The number of hydrogen-bond acceptors (Lipinski definition) is 5. The summed E-state index contributed by atoms with van der Waals surface area (Å²) in [6.07, 6.45) is 4.45. The van der Waals surface area contributed by atoms with Crippen LogP contribution in [-0.4, -0.2) is 38.3 Å². The molecule has 0 unspecified atom stereocenters. The summed E-state index contributed by atoms with van der Waals surface area (Å²) in [6, 6.07) is 21.1. The predicted molar refractivity (Wildman–Crippen MR) is 117 cm³/mol. The fourth-order valence-electron chi connectivity index (χ4n) is 2.96. The lowest BCUT2D eigenvalue weighted by molar-refractivity contribution is -0.113. The minimum atomic E-state index is -0.0926. The van der Waals surface area contributed by atoms with E-state index in [1.807, 2.05) is 88.5 Å². The second kappa shape index (κ2) is 9.32. The summed E-state index contributed by atoms with van der Waals surface area (Å²) < 4.78 is 9.06. The molecule has 0 aliphatic heterocycles. The minimum absolute atomic E-state index is 0.0926. The van der Waals surface area contributed by atoms with Gasteiger partial charge in [-0.2, -0.15) is 0 Å². The Bertz CT molecular complexity index is 1090. The van der Waals surface area contributed by atoms with Crippen LogP contribution >= 0.6 is 11.8 Å². The molecule has 0 atom stereocenters. The van der Waals surface area contributed by atoms with Crippen molar-refractivity contribution in [3.63, 3.8) is 0 Å². The highest BCUT2D eigenvalue weighted by Crippen LogP contribution is 2.21. The summed E-state index contributed by atoms with van der Waals surface area (Å²) in [4.78, 5) is 12.3. The fourth-order valence-corrected chi connectivity index (χ4v) is 3.71. The molecule has 2 aromatic carbocycles. The summed E-state index contributed by atoms with van der Waals surface area (Å²) >= 11 is 1.35. The molecule has 0 saturated carbocycles. The highest BCUT2D eigenvalue weighted by atomic mass is 32.2. The molecular formula is C22H21N5O2S. The van der Waals surface area contributed by atoms with Crippen LogP contribution in [0.3, 0.4) is 0 Å². The average molecular weight is 420 g/mol. The number of nitrogens with one attached hydrogen (secondary N) is 1. The lowest BCUT2D eigenvalue weighted by Gasteiger charge is -2.11. The van der Waals surface area contributed by atoms with Crippen molar-refractivity contribution < 1.29 is 9.53 Å². The number of carbonyl (C=O) groups excluding carboxylic acids is 1. The maximum atomic E-state index is 12.3. The third kappa shape index (κ3) is 4.72. The third-order valence-electron chi connectivity index (χ3n) is 4.41. The maximum Gasteiger partial charge on any atom is 0.234 e. The van der Waals surface area contributed by atoms with Gasteiger partial charge in [0, 0.05) is 24.5 Å². The first kappa shape index (κ1) is 19.8. The molecule has 0 aliphatic carbocycles. The second-order valence-corrected chi connectivity index (χ2v) is 7.44. The Morgan fingerprint density at radius 3 is 2.43 bits per heavy atom. The summed E-state index contributed by atoms with van der Waals surface area (Å²) in [5.41, 5.74) is 1.87. The van der Waals surface area contributed by atoms with E-state index in [0.29, 0.717) is 11.6 Å². The van der Waals surface area contributed by atoms with Gasteiger partial charge >= 0.3 is 0 Å². The van der Waals surface area contributed by atoms with Gasteiger partial charge in [-0.3, -0.25) is 9.47 Å². The number of ether oxygens (including phenoxy) is 1. The molecule has 1 amide bonds. The number of anilines is 1. The van der Waals surface area contributed by atoms with Gasteiger partial charge < -0.3 is 10.1 Å². The first-order valence-electron chi connectivity index (χ1n) is 9.41. The molecule has 0 aliphatic rings. The molecule has 0 saturated heterocycles. The second-order valence-electron chi connectivity index (χ2n) is 6.50. The molecule has 7 nitrogen and oxygen atoms in total. The molecular weight excluding hydrogens is 398 g/mol. The van der Waals surface area contributed by atoms with Crippen LogP contribution < -0.4 is 10.1 Å². The smallest absolute Gasteiger partial charge is 0.234 e. The van der Waals surface area contributed by atoms with Crippen molar-refractivity contribution in [2.24, 2.45) is 0 Å². The van der Waals surface area contributed by atoms with Crippen LogP contribution in [0.4, 0.5) is 5.69 Å². The van der Waals surface area contributed by atoms with Gasteiger partial charge in [-0.1, -0.05) is 42.1 Å². The van der Waals surface area contributed by atoms with E-state index in [2.05, 4.69) is 15.5 Å². The van der Waals surface area contributed by atoms with Crippen molar-refractivity contribution in [3.05, 3.63) is 90.5 Å². The van der Waals surface area contributed by atoms with E-state index in [9.17, 15) is 4.79 Å². The van der Waals surface area contributed by atoms with E-state index >= 15 is 0 Å². The van der Waals surface area contributed by atoms with Crippen molar-refractivity contribution >= 4 is 23.4 Å². The highest BCUT2D eigenvalue weighted by Gasteiger charge is 2.16. The van der Waals surface area contributed by atoms with E-state index in [1.54, 1.807) is 7.11 Å². The number of amides is 1. The van der Waals surface area contributed by atoms with Gasteiger partial charge in [0.25, 0.3) is 0 Å². The van der Waals surface area contributed by atoms with Crippen LogP contribution in [0.1, 0.15) is 11.4 Å². The van der Waals surface area contributed by atoms with Crippen molar-refractivity contribution in [1.82, 2.24) is 19.5 Å². The summed E-state index contributed by atoms with van der Waals surface area (Å²) in [6.45, 7) is 0. The van der Waals surface area contributed by atoms with Gasteiger partial charge in [-0.25, -0.2) is 4.68 Å². The first-order valence-corrected chi connectivity index (χ1v) is 10.4. The predicted octanol–water partition coefficient (Wildman–Crippen LogP) is 3.72. The zero-order valence-corrected chi connectivity index (χ0v) is 17.2. The number of hydrogen-bond donors (Lipinski definition) is 1. The number of aromatic nitrogens is 4. The average Bonchev–Trinajstić information content (AvgIpc) is 3.43. The Balaban J connectivity index is 1.51. The third-order valence-corrected chi connectivity index (χ3v) is 5.33. The molecule has 2 aromatic heterocycles. The number of carbonyl (C=O) groups is 1. The zero-order valence-electron chi connectivity index (χ0n) is 16.4. The Morgan fingerprint density at radius 2 is 1.73 bits per heavy atom. The molecule has 1 N–H and O–H groups in total. The maximum absolute atomic E-state index is 12.3. The number of benzene rings is 2. The summed E-state index contributed by atoms with van der Waals surface area (Å²) in [5, 5.41) is 12.3. The lowest BCUT2D eigenvalue weighted by Crippen LogP contribution is -2.16. The Kier molecular flexibility index (Phi) is 6.14. The van der Waals surface area contributed by atoms with Crippen LogP contribution in [0.15, 0.2) is 84.3 Å². The molecule has 4 aromatic rings. The van der Waals surface area contributed by atoms with Crippen molar-refractivity contribution in [2.75, 3.05) is 18.2 Å². The number of thioether (sulfide) groups is 1. The standard InChI is InChI=1S/C22H21N5O2S/c1-29-19-11-9-17(10-12-19)15-20-24-25-22(27(20)26-13-5-6-14-26)30-16-21(28)23-18-7-3-2-4-8-18/h2-14H,15-16H2,1H3,(H,23,28). The Labute approximate surface area is 178 Å². The van der Waals surface area contributed by atoms with Gasteiger partial charge in [0.15, 0.2) is 5.82 Å². The van der Waals surface area contributed by atoms with Crippen LogP contribution in [0.2, 0.25) is 0 Å². The Hall–Kier alpha value is -3.52. The van der Waals surface area contributed by atoms with Gasteiger partial charge in [0.1, 0.15) is 5.75 Å². The number of methoxy groups -OCH3 is 1. The van der Waals surface area contributed by atoms with Crippen molar-refractivity contribution in [3.8, 4) is 5.75 Å². The molecule has 152 valence electrons. The fraction of sp³-hybridized carbons (Fsp3) is 0.136. The molecule has 30 heavy (non-hydrogen) atoms. The van der Waals surface area contributed by atoms with E-state index in [-0.39, 0.29) is 11.7 Å². The van der Waals surface area contributed by atoms with Crippen LogP contribution in [0, 0.1) is 0 Å². The normalized spacial score (nSPS) is 10.7. The van der Waals surface area contributed by atoms with E-state index < -0.39 is 0 Å². The number of rotatable bonds is 8. The van der Waals surface area contributed by atoms with Crippen molar-refractivity contribution in [1.29, 1.82) is 0 Å². The number of nitrogens with zero attached hydrogens (tertiary/aromatic N) is 4. The first-order chi connectivity index (χ1) is 14.7. The molecule has 0 radical (unpaired) electrons. The van der Waals surface area contributed by atoms with Gasteiger partial charge in [-0.05, 0) is 42.0 Å². The topological polar surface area (TPSA) is 74.0 Å². The van der Waals surface area contributed by atoms with Gasteiger partial charge in [-0.15, -0.1) is 10.2 Å². The monoisotopic (exact) mass is 419 g/mol. The molecule has 0 fully saturated rings. The summed E-state index contributed by atoms with van der Waals surface area (Å²) in [5.74, 6) is 1.73. The Morgan fingerprint density at radius 1 is 1.00 bits per heavy atom. The minimum Gasteiger partial charge on any atom is -0.497 e.